The molecule has 1 unspecified atom stereocenters. The summed E-state index contributed by atoms with van der Waals surface area (Å²) in [5.74, 6) is 0.870. The Labute approximate surface area is 153 Å². The van der Waals surface area contributed by atoms with Crippen LogP contribution in [0.3, 0.4) is 0 Å². The first-order valence-electron chi connectivity index (χ1n) is 8.29. The van der Waals surface area contributed by atoms with E-state index < -0.39 is 0 Å². The highest BCUT2D eigenvalue weighted by molar-refractivity contribution is 8.13. The highest BCUT2D eigenvalue weighted by Gasteiger charge is 2.34. The molecule has 0 bridgehead atoms. The molecular weight excluding hydrogens is 328 g/mol. The first-order chi connectivity index (χ1) is 12.2. The van der Waals surface area contributed by atoms with Gasteiger partial charge in [-0.3, -0.25) is 9.98 Å². The summed E-state index contributed by atoms with van der Waals surface area (Å²) in [5, 5.41) is 1.06. The lowest BCUT2D eigenvalue weighted by Gasteiger charge is -2.30. The third-order valence-electron chi connectivity index (χ3n) is 4.25. The second kappa shape index (κ2) is 8.17. The van der Waals surface area contributed by atoms with Crippen molar-refractivity contribution in [2.75, 3.05) is 6.26 Å². The van der Waals surface area contributed by atoms with Crippen LogP contribution in [0.5, 0.6) is 0 Å². The number of thioether (sulfide) groups is 1. The Hall–Kier alpha value is -2.33. The van der Waals surface area contributed by atoms with Crippen LogP contribution >= 0.6 is 11.8 Å². The number of benzene rings is 1. The van der Waals surface area contributed by atoms with Gasteiger partial charge in [0.2, 0.25) is 0 Å². The van der Waals surface area contributed by atoms with Crippen molar-refractivity contribution in [2.45, 2.75) is 25.3 Å². The third kappa shape index (κ3) is 4.20. The maximum absolute atomic E-state index is 5.43. The fourth-order valence-corrected chi connectivity index (χ4v) is 3.81. The molecule has 0 aliphatic carbocycles. The summed E-state index contributed by atoms with van der Waals surface area (Å²) in [6.45, 7) is 2.76. The molecule has 0 saturated heterocycles. The molecular formula is C21H22N2OS. The molecule has 0 fully saturated rings. The molecule has 3 aromatic rings. The highest BCUT2D eigenvalue weighted by Crippen LogP contribution is 2.33. The van der Waals surface area contributed by atoms with Gasteiger partial charge < -0.3 is 4.42 Å². The second-order valence-corrected chi connectivity index (χ2v) is 6.91. The summed E-state index contributed by atoms with van der Waals surface area (Å²) in [6, 6.07) is 20.4. The maximum atomic E-state index is 5.43. The Kier molecular flexibility index (Phi) is 5.71. The minimum absolute atomic E-state index is 0.283. The van der Waals surface area contributed by atoms with Crippen LogP contribution in [0.1, 0.15) is 23.9 Å². The van der Waals surface area contributed by atoms with Crippen molar-refractivity contribution >= 4 is 16.8 Å². The van der Waals surface area contributed by atoms with E-state index in [0.29, 0.717) is 6.54 Å². The SMILES string of the molecule is CSC(=NCc1ccco1)C(C)(Cc1ccccc1)c1ccccn1. The monoisotopic (exact) mass is 350 g/mol. The lowest BCUT2D eigenvalue weighted by atomic mass is 9.81. The Morgan fingerprint density at radius 3 is 2.52 bits per heavy atom. The molecule has 128 valence electrons. The smallest absolute Gasteiger partial charge is 0.125 e. The average molecular weight is 350 g/mol. The largest absolute Gasteiger partial charge is 0.467 e. The second-order valence-electron chi connectivity index (χ2n) is 6.11. The van der Waals surface area contributed by atoms with Gasteiger partial charge in [0.15, 0.2) is 0 Å². The first kappa shape index (κ1) is 17.5. The van der Waals surface area contributed by atoms with Crippen molar-refractivity contribution in [3.8, 4) is 0 Å². The highest BCUT2D eigenvalue weighted by atomic mass is 32.2. The van der Waals surface area contributed by atoms with Crippen LogP contribution in [0.2, 0.25) is 0 Å². The van der Waals surface area contributed by atoms with Crippen LogP contribution < -0.4 is 0 Å². The minimum atomic E-state index is -0.283. The number of aromatic nitrogens is 1. The fraction of sp³-hybridized carbons (Fsp3) is 0.238. The zero-order chi connectivity index (χ0) is 17.5. The summed E-state index contributed by atoms with van der Waals surface area (Å²) in [6.07, 6.45) is 6.46. The van der Waals surface area contributed by atoms with Crippen molar-refractivity contribution in [3.05, 3.63) is 90.1 Å². The molecule has 0 spiro atoms. The van der Waals surface area contributed by atoms with E-state index in [1.54, 1.807) is 18.0 Å². The summed E-state index contributed by atoms with van der Waals surface area (Å²) in [4.78, 5) is 9.52. The Balaban J connectivity index is 1.98. The topological polar surface area (TPSA) is 38.4 Å². The quantitative estimate of drug-likeness (QED) is 0.456. The number of rotatable bonds is 6. The van der Waals surface area contributed by atoms with Crippen molar-refractivity contribution in [1.29, 1.82) is 0 Å². The molecule has 4 heteroatoms. The van der Waals surface area contributed by atoms with E-state index in [1.807, 2.05) is 36.5 Å². The number of aliphatic imine (C=N–C) groups is 1. The molecule has 3 rings (SSSR count). The Bertz CT molecular complexity index is 800. The number of furan rings is 1. The molecule has 2 aromatic heterocycles. The molecule has 0 aliphatic heterocycles. The van der Waals surface area contributed by atoms with Gasteiger partial charge in [-0.05, 0) is 49.4 Å². The summed E-state index contributed by atoms with van der Waals surface area (Å²) in [7, 11) is 0. The van der Waals surface area contributed by atoms with Gasteiger partial charge in [0.1, 0.15) is 5.76 Å². The average Bonchev–Trinajstić information content (AvgIpc) is 3.17. The van der Waals surface area contributed by atoms with Crippen LogP contribution in [0, 0.1) is 0 Å². The van der Waals surface area contributed by atoms with Crippen molar-refractivity contribution < 1.29 is 4.42 Å². The van der Waals surface area contributed by atoms with Gasteiger partial charge in [0.05, 0.1) is 29.0 Å². The van der Waals surface area contributed by atoms with Gasteiger partial charge in [-0.15, -0.1) is 11.8 Å². The predicted molar refractivity (Wildman–Crippen MR) is 105 cm³/mol. The van der Waals surface area contributed by atoms with E-state index in [4.69, 9.17) is 9.41 Å². The van der Waals surface area contributed by atoms with E-state index in [9.17, 15) is 0 Å². The zero-order valence-corrected chi connectivity index (χ0v) is 15.4. The van der Waals surface area contributed by atoms with Gasteiger partial charge in [0, 0.05) is 6.20 Å². The lowest BCUT2D eigenvalue weighted by molar-refractivity contribution is 0.511. The van der Waals surface area contributed by atoms with Gasteiger partial charge in [0.25, 0.3) is 0 Å². The van der Waals surface area contributed by atoms with Crippen molar-refractivity contribution in [1.82, 2.24) is 4.98 Å². The summed E-state index contributed by atoms with van der Waals surface area (Å²) >= 11 is 1.68. The number of hydrogen-bond donors (Lipinski definition) is 0. The fourth-order valence-electron chi connectivity index (χ4n) is 2.99. The molecule has 0 aliphatic rings. The molecule has 0 saturated carbocycles. The molecule has 0 amide bonds. The number of hydrogen-bond acceptors (Lipinski definition) is 4. The van der Waals surface area contributed by atoms with E-state index in [2.05, 4.69) is 48.5 Å². The molecule has 1 atom stereocenters. The van der Waals surface area contributed by atoms with Gasteiger partial charge in [-0.1, -0.05) is 36.4 Å². The lowest BCUT2D eigenvalue weighted by Crippen LogP contribution is -2.34. The van der Waals surface area contributed by atoms with E-state index in [0.717, 1.165) is 22.9 Å². The minimum Gasteiger partial charge on any atom is -0.467 e. The van der Waals surface area contributed by atoms with Gasteiger partial charge in [-0.25, -0.2) is 0 Å². The zero-order valence-electron chi connectivity index (χ0n) is 14.6. The van der Waals surface area contributed by atoms with E-state index >= 15 is 0 Å². The van der Waals surface area contributed by atoms with E-state index in [1.165, 1.54) is 5.56 Å². The molecule has 2 heterocycles. The van der Waals surface area contributed by atoms with Crippen LogP contribution in [0.15, 0.2) is 82.5 Å². The standard InChI is InChI=1S/C21H22N2OS/c1-21(19-12-6-7-13-22-19,15-17-9-4-3-5-10-17)20(25-2)23-16-18-11-8-14-24-18/h3-14H,15-16H2,1-2H3. The van der Waals surface area contributed by atoms with Gasteiger partial charge >= 0.3 is 0 Å². The van der Waals surface area contributed by atoms with Crippen molar-refractivity contribution in [2.24, 2.45) is 4.99 Å². The van der Waals surface area contributed by atoms with E-state index in [-0.39, 0.29) is 5.41 Å². The summed E-state index contributed by atoms with van der Waals surface area (Å²) < 4.78 is 5.43. The molecule has 3 nitrogen and oxygen atoms in total. The number of nitrogens with zero attached hydrogens (tertiary/aromatic N) is 2. The van der Waals surface area contributed by atoms with Gasteiger partial charge in [-0.2, -0.15) is 0 Å². The van der Waals surface area contributed by atoms with Crippen LogP contribution in [0.25, 0.3) is 0 Å². The van der Waals surface area contributed by atoms with Crippen LogP contribution in [-0.4, -0.2) is 16.3 Å². The van der Waals surface area contributed by atoms with Crippen molar-refractivity contribution in [3.63, 3.8) is 0 Å². The normalized spacial score (nSPS) is 14.2. The third-order valence-corrected chi connectivity index (χ3v) is 5.22. The van der Waals surface area contributed by atoms with Crippen LogP contribution in [-0.2, 0) is 18.4 Å². The predicted octanol–water partition coefficient (Wildman–Crippen LogP) is 5.14. The molecule has 25 heavy (non-hydrogen) atoms. The molecule has 0 N–H and O–H groups in total. The Morgan fingerprint density at radius 2 is 1.88 bits per heavy atom. The molecule has 1 aromatic carbocycles. The Morgan fingerprint density at radius 1 is 1.08 bits per heavy atom. The van der Waals surface area contributed by atoms with Crippen LogP contribution in [0.4, 0.5) is 0 Å². The molecule has 0 radical (unpaired) electrons. The number of pyridine rings is 1. The summed E-state index contributed by atoms with van der Waals surface area (Å²) in [5.41, 5.74) is 2.02. The maximum Gasteiger partial charge on any atom is 0.125 e. The first-order valence-corrected chi connectivity index (χ1v) is 9.51.